The van der Waals surface area contributed by atoms with E-state index in [1.165, 1.54) is 0 Å². The average Bonchev–Trinajstić information content (AvgIpc) is 2.64. The summed E-state index contributed by atoms with van der Waals surface area (Å²) in [6.45, 7) is 2.50. The Hall–Kier alpha value is -2.92. The zero-order chi connectivity index (χ0) is 17.6. The number of benzene rings is 1. The molecule has 1 aromatic carbocycles. The van der Waals surface area contributed by atoms with Crippen LogP contribution in [0, 0.1) is 6.92 Å². The van der Waals surface area contributed by atoms with E-state index in [9.17, 15) is 4.79 Å². The SMILES string of the molecule is Cc1ccc(Cl)cc1NC(=O)c1ccc(NCc2ccccn2)cn1. The molecule has 3 aromatic rings. The van der Waals surface area contributed by atoms with Crippen LogP contribution in [0.25, 0.3) is 0 Å². The maximum Gasteiger partial charge on any atom is 0.274 e. The van der Waals surface area contributed by atoms with E-state index in [1.54, 1.807) is 30.6 Å². The smallest absolute Gasteiger partial charge is 0.274 e. The van der Waals surface area contributed by atoms with Gasteiger partial charge in [0.25, 0.3) is 5.91 Å². The van der Waals surface area contributed by atoms with E-state index in [2.05, 4.69) is 20.6 Å². The summed E-state index contributed by atoms with van der Waals surface area (Å²) in [5, 5.41) is 6.62. The van der Waals surface area contributed by atoms with E-state index in [1.807, 2.05) is 37.3 Å². The van der Waals surface area contributed by atoms with Crippen molar-refractivity contribution in [2.45, 2.75) is 13.5 Å². The third-order valence-electron chi connectivity index (χ3n) is 3.64. The van der Waals surface area contributed by atoms with E-state index in [0.29, 0.717) is 22.9 Å². The van der Waals surface area contributed by atoms with E-state index in [4.69, 9.17) is 11.6 Å². The maximum atomic E-state index is 12.3. The van der Waals surface area contributed by atoms with Crippen molar-refractivity contribution in [2.75, 3.05) is 10.6 Å². The molecular formula is C19H17ClN4O. The van der Waals surface area contributed by atoms with Crippen LogP contribution in [0.1, 0.15) is 21.7 Å². The van der Waals surface area contributed by atoms with Gasteiger partial charge in [0.05, 0.1) is 24.1 Å². The summed E-state index contributed by atoms with van der Waals surface area (Å²) in [6.07, 6.45) is 3.38. The van der Waals surface area contributed by atoms with Crippen LogP contribution in [0.2, 0.25) is 5.02 Å². The van der Waals surface area contributed by atoms with Gasteiger partial charge in [-0.2, -0.15) is 0 Å². The number of pyridine rings is 2. The summed E-state index contributed by atoms with van der Waals surface area (Å²) in [5.74, 6) is -0.276. The molecule has 0 aliphatic carbocycles. The highest BCUT2D eigenvalue weighted by Crippen LogP contribution is 2.20. The van der Waals surface area contributed by atoms with E-state index >= 15 is 0 Å². The van der Waals surface area contributed by atoms with Gasteiger partial charge in [-0.3, -0.25) is 9.78 Å². The summed E-state index contributed by atoms with van der Waals surface area (Å²) < 4.78 is 0. The van der Waals surface area contributed by atoms with Crippen LogP contribution in [-0.2, 0) is 6.54 Å². The largest absolute Gasteiger partial charge is 0.378 e. The second-order valence-electron chi connectivity index (χ2n) is 5.52. The summed E-state index contributed by atoms with van der Waals surface area (Å²) in [5.41, 5.74) is 3.70. The number of hydrogen-bond acceptors (Lipinski definition) is 4. The first-order valence-corrected chi connectivity index (χ1v) is 8.17. The van der Waals surface area contributed by atoms with Crippen LogP contribution in [-0.4, -0.2) is 15.9 Å². The zero-order valence-electron chi connectivity index (χ0n) is 13.7. The molecule has 126 valence electrons. The summed E-state index contributed by atoms with van der Waals surface area (Å²) in [7, 11) is 0. The summed E-state index contributed by atoms with van der Waals surface area (Å²) in [6, 6.07) is 14.6. The molecule has 0 radical (unpaired) electrons. The second-order valence-corrected chi connectivity index (χ2v) is 5.96. The van der Waals surface area contributed by atoms with Crippen LogP contribution in [0.3, 0.4) is 0 Å². The first-order chi connectivity index (χ1) is 12.1. The third-order valence-corrected chi connectivity index (χ3v) is 3.88. The number of hydrogen-bond donors (Lipinski definition) is 2. The molecule has 0 aliphatic rings. The minimum Gasteiger partial charge on any atom is -0.378 e. The van der Waals surface area contributed by atoms with Crippen molar-refractivity contribution in [3.63, 3.8) is 0 Å². The fourth-order valence-corrected chi connectivity index (χ4v) is 2.42. The minimum absolute atomic E-state index is 0.276. The molecule has 0 fully saturated rings. The van der Waals surface area contributed by atoms with Crippen molar-refractivity contribution in [2.24, 2.45) is 0 Å². The molecule has 3 rings (SSSR count). The van der Waals surface area contributed by atoms with Gasteiger partial charge < -0.3 is 10.6 Å². The number of nitrogens with one attached hydrogen (secondary N) is 2. The molecule has 0 saturated carbocycles. The van der Waals surface area contributed by atoms with Crippen molar-refractivity contribution >= 4 is 28.9 Å². The molecule has 0 unspecified atom stereocenters. The summed E-state index contributed by atoms with van der Waals surface area (Å²) >= 11 is 5.97. The zero-order valence-corrected chi connectivity index (χ0v) is 14.4. The van der Waals surface area contributed by atoms with Crippen LogP contribution >= 0.6 is 11.6 Å². The fourth-order valence-electron chi connectivity index (χ4n) is 2.24. The Balaban J connectivity index is 1.63. The maximum absolute atomic E-state index is 12.3. The first-order valence-electron chi connectivity index (χ1n) is 7.79. The van der Waals surface area contributed by atoms with Gasteiger partial charge in [-0.25, -0.2) is 4.98 Å². The molecule has 0 aliphatic heterocycles. The van der Waals surface area contributed by atoms with Gasteiger partial charge in [0, 0.05) is 16.9 Å². The quantitative estimate of drug-likeness (QED) is 0.718. The van der Waals surface area contributed by atoms with Gasteiger partial charge in [-0.1, -0.05) is 23.7 Å². The Morgan fingerprint density at radius 2 is 2.00 bits per heavy atom. The number of carbonyl (C=O) groups is 1. The molecule has 0 saturated heterocycles. The first kappa shape index (κ1) is 16.9. The van der Waals surface area contributed by atoms with Crippen molar-refractivity contribution in [1.82, 2.24) is 9.97 Å². The van der Waals surface area contributed by atoms with Gasteiger partial charge >= 0.3 is 0 Å². The van der Waals surface area contributed by atoms with Crippen LogP contribution in [0.4, 0.5) is 11.4 Å². The van der Waals surface area contributed by atoms with Crippen molar-refractivity contribution in [3.05, 3.63) is 82.9 Å². The van der Waals surface area contributed by atoms with Crippen molar-refractivity contribution in [1.29, 1.82) is 0 Å². The monoisotopic (exact) mass is 352 g/mol. The second kappa shape index (κ2) is 7.77. The van der Waals surface area contributed by atoms with Crippen LogP contribution in [0.15, 0.2) is 60.9 Å². The molecular weight excluding hydrogens is 336 g/mol. The molecule has 1 amide bonds. The normalized spacial score (nSPS) is 10.3. The van der Waals surface area contributed by atoms with Gasteiger partial charge in [-0.05, 0) is 48.9 Å². The highest BCUT2D eigenvalue weighted by molar-refractivity contribution is 6.31. The number of aryl methyl sites for hydroxylation is 1. The lowest BCUT2D eigenvalue weighted by Gasteiger charge is -2.09. The Labute approximate surface area is 151 Å². The predicted molar refractivity (Wildman–Crippen MR) is 99.9 cm³/mol. The Kier molecular flexibility index (Phi) is 5.26. The lowest BCUT2D eigenvalue weighted by Crippen LogP contribution is -2.14. The van der Waals surface area contributed by atoms with E-state index < -0.39 is 0 Å². The third kappa shape index (κ3) is 4.55. The number of carbonyl (C=O) groups excluding carboxylic acids is 1. The lowest BCUT2D eigenvalue weighted by atomic mass is 10.2. The molecule has 2 N–H and O–H groups in total. The van der Waals surface area contributed by atoms with Crippen LogP contribution < -0.4 is 10.6 Å². The highest BCUT2D eigenvalue weighted by Gasteiger charge is 2.09. The minimum atomic E-state index is -0.276. The van der Waals surface area contributed by atoms with Gasteiger partial charge in [-0.15, -0.1) is 0 Å². The standard InChI is InChI=1S/C19H17ClN4O/c1-13-5-6-14(20)10-18(13)24-19(25)17-8-7-16(12-23-17)22-11-15-4-2-3-9-21-15/h2-10,12,22H,11H2,1H3,(H,24,25). The number of rotatable bonds is 5. The summed E-state index contributed by atoms with van der Waals surface area (Å²) in [4.78, 5) is 20.8. The Morgan fingerprint density at radius 1 is 1.12 bits per heavy atom. The molecule has 2 heterocycles. The molecule has 0 bridgehead atoms. The van der Waals surface area contributed by atoms with Gasteiger partial charge in [0.1, 0.15) is 5.69 Å². The van der Waals surface area contributed by atoms with E-state index in [0.717, 1.165) is 16.9 Å². The lowest BCUT2D eigenvalue weighted by molar-refractivity contribution is 0.102. The topological polar surface area (TPSA) is 66.9 Å². The molecule has 0 atom stereocenters. The van der Waals surface area contributed by atoms with Gasteiger partial charge in [0.15, 0.2) is 0 Å². The number of aromatic nitrogens is 2. The number of anilines is 2. The molecule has 2 aromatic heterocycles. The van der Waals surface area contributed by atoms with Crippen molar-refractivity contribution < 1.29 is 4.79 Å². The number of nitrogens with zero attached hydrogens (tertiary/aromatic N) is 2. The van der Waals surface area contributed by atoms with Gasteiger partial charge in [0.2, 0.25) is 0 Å². The Morgan fingerprint density at radius 3 is 2.72 bits per heavy atom. The van der Waals surface area contributed by atoms with E-state index in [-0.39, 0.29) is 5.91 Å². The number of halogens is 1. The molecule has 25 heavy (non-hydrogen) atoms. The van der Waals surface area contributed by atoms with Crippen molar-refractivity contribution in [3.8, 4) is 0 Å². The number of amides is 1. The fraction of sp³-hybridized carbons (Fsp3) is 0.105. The van der Waals surface area contributed by atoms with Crippen LogP contribution in [0.5, 0.6) is 0 Å². The predicted octanol–water partition coefficient (Wildman–Crippen LogP) is 4.30. The molecule has 5 nitrogen and oxygen atoms in total. The average molecular weight is 353 g/mol. The Bertz CT molecular complexity index is 866. The molecule has 6 heteroatoms. The highest BCUT2D eigenvalue weighted by atomic mass is 35.5. The molecule has 0 spiro atoms.